The molecule has 180 valence electrons. The summed E-state index contributed by atoms with van der Waals surface area (Å²) in [5.41, 5.74) is 0.635. The molecule has 1 spiro atoms. The van der Waals surface area contributed by atoms with Gasteiger partial charge >= 0.3 is 0 Å². The Morgan fingerprint density at radius 3 is 2.44 bits per heavy atom. The zero-order valence-corrected chi connectivity index (χ0v) is 20.3. The maximum absolute atomic E-state index is 13.7. The quantitative estimate of drug-likeness (QED) is 0.611. The van der Waals surface area contributed by atoms with Crippen LogP contribution in [0.15, 0.2) is 54.6 Å². The van der Waals surface area contributed by atoms with Gasteiger partial charge in [0.2, 0.25) is 5.91 Å². The molecule has 8 nitrogen and oxygen atoms in total. The average Bonchev–Trinajstić information content (AvgIpc) is 3.10. The lowest BCUT2D eigenvalue weighted by atomic mass is 9.85. The summed E-state index contributed by atoms with van der Waals surface area (Å²) in [6, 6.07) is 16.7. The number of hydrogen-bond donors (Lipinski definition) is 1. The zero-order chi connectivity index (χ0) is 24.3. The number of anilines is 2. The van der Waals surface area contributed by atoms with Gasteiger partial charge in [0.25, 0.3) is 11.8 Å². The normalized spacial score (nSPS) is 17.4. The maximum atomic E-state index is 13.7. The lowest BCUT2D eigenvalue weighted by Gasteiger charge is -2.43. The zero-order valence-electron chi connectivity index (χ0n) is 18.7. The molecule has 0 aliphatic carbocycles. The molecule has 0 saturated carbocycles. The predicted octanol–water partition coefficient (Wildman–Crippen LogP) is 3.10. The number of halogens is 2. The van der Waals surface area contributed by atoms with E-state index in [9.17, 15) is 14.4 Å². The van der Waals surface area contributed by atoms with E-state index < -0.39 is 10.4 Å². The number of ether oxygens (including phenoxy) is 1. The molecule has 1 N–H and O–H groups in total. The number of amides is 3. The van der Waals surface area contributed by atoms with E-state index in [0.717, 1.165) is 5.69 Å². The van der Waals surface area contributed by atoms with E-state index in [1.54, 1.807) is 41.2 Å². The van der Waals surface area contributed by atoms with Crippen molar-refractivity contribution in [2.75, 3.05) is 43.6 Å². The van der Waals surface area contributed by atoms with Gasteiger partial charge in [-0.2, -0.15) is 0 Å². The van der Waals surface area contributed by atoms with Gasteiger partial charge in [0.15, 0.2) is 4.84 Å². The Bertz CT molecular complexity index is 1060. The minimum absolute atomic E-state index is 0.0881. The molecular weight excluding hydrogens is 479 g/mol. The summed E-state index contributed by atoms with van der Waals surface area (Å²) in [6.45, 7) is 0.895. The second-order valence-corrected chi connectivity index (χ2v) is 9.44. The maximum Gasteiger partial charge on any atom is 0.255 e. The molecule has 0 radical (unpaired) electrons. The van der Waals surface area contributed by atoms with Crippen LogP contribution in [0.25, 0.3) is 0 Å². The van der Waals surface area contributed by atoms with Crippen LogP contribution in [0.3, 0.4) is 0 Å². The number of nitrogens with zero attached hydrogens (tertiary/aromatic N) is 3. The SMILES string of the molecule is COc1cccc(NC(=O)CN2CN(c3ccccc3)C3(CCN(C(=O)C(Cl)Cl)CC3)C2=O)c1. The van der Waals surface area contributed by atoms with E-state index >= 15 is 0 Å². The van der Waals surface area contributed by atoms with Crippen LogP contribution in [0.4, 0.5) is 11.4 Å². The van der Waals surface area contributed by atoms with E-state index in [1.807, 2.05) is 35.2 Å². The van der Waals surface area contributed by atoms with Crippen molar-refractivity contribution in [3.05, 3.63) is 54.6 Å². The first-order chi connectivity index (χ1) is 16.3. The third-order valence-electron chi connectivity index (χ3n) is 6.36. The number of methoxy groups -OCH3 is 1. The smallest absolute Gasteiger partial charge is 0.255 e. The molecule has 3 amide bonds. The highest BCUT2D eigenvalue weighted by atomic mass is 35.5. The molecule has 2 saturated heterocycles. The van der Waals surface area contributed by atoms with Crippen molar-refractivity contribution in [3.8, 4) is 5.75 Å². The number of hydrogen-bond acceptors (Lipinski definition) is 5. The fraction of sp³-hybridized carbons (Fsp3) is 0.375. The summed E-state index contributed by atoms with van der Waals surface area (Å²) in [4.78, 5) is 42.8. The van der Waals surface area contributed by atoms with Crippen molar-refractivity contribution >= 4 is 52.3 Å². The Labute approximate surface area is 208 Å². The van der Waals surface area contributed by atoms with Gasteiger partial charge in [0.1, 0.15) is 17.8 Å². The van der Waals surface area contributed by atoms with Crippen LogP contribution in [0.5, 0.6) is 5.75 Å². The highest BCUT2D eigenvalue weighted by Crippen LogP contribution is 2.39. The summed E-state index contributed by atoms with van der Waals surface area (Å²) >= 11 is 11.5. The monoisotopic (exact) mass is 504 g/mol. The molecule has 0 unspecified atom stereocenters. The number of rotatable bonds is 6. The third-order valence-corrected chi connectivity index (χ3v) is 6.73. The first-order valence-corrected chi connectivity index (χ1v) is 11.8. The minimum atomic E-state index is -1.13. The number of carbonyl (C=O) groups excluding carboxylic acids is 3. The number of benzene rings is 2. The summed E-state index contributed by atoms with van der Waals surface area (Å²) in [6.07, 6.45) is 0.835. The number of alkyl halides is 2. The van der Waals surface area contributed by atoms with E-state index in [-0.39, 0.29) is 30.9 Å². The van der Waals surface area contributed by atoms with Gasteiger partial charge in [-0.05, 0) is 37.1 Å². The number of nitrogens with one attached hydrogen (secondary N) is 1. The van der Waals surface area contributed by atoms with E-state index in [2.05, 4.69) is 5.32 Å². The Morgan fingerprint density at radius 2 is 1.79 bits per heavy atom. The van der Waals surface area contributed by atoms with Crippen LogP contribution in [-0.2, 0) is 14.4 Å². The molecule has 2 aliphatic rings. The number of likely N-dealkylation sites (tertiary alicyclic amines) is 1. The van der Waals surface area contributed by atoms with E-state index in [1.165, 1.54) is 0 Å². The third kappa shape index (κ3) is 4.79. The minimum Gasteiger partial charge on any atom is -0.497 e. The topological polar surface area (TPSA) is 82.2 Å². The number of carbonyl (C=O) groups is 3. The van der Waals surface area contributed by atoms with E-state index in [4.69, 9.17) is 27.9 Å². The Balaban J connectivity index is 1.52. The van der Waals surface area contributed by atoms with Gasteiger partial charge in [-0.15, -0.1) is 0 Å². The van der Waals surface area contributed by atoms with Crippen LogP contribution < -0.4 is 15.0 Å². The molecule has 34 heavy (non-hydrogen) atoms. The van der Waals surface area contributed by atoms with Gasteiger partial charge in [0, 0.05) is 30.5 Å². The Hall–Kier alpha value is -2.97. The van der Waals surface area contributed by atoms with Crippen LogP contribution >= 0.6 is 23.2 Å². The van der Waals surface area contributed by atoms with Gasteiger partial charge in [0.05, 0.1) is 13.8 Å². The average molecular weight is 505 g/mol. The van der Waals surface area contributed by atoms with Gasteiger partial charge in [-0.1, -0.05) is 47.5 Å². The predicted molar refractivity (Wildman–Crippen MR) is 131 cm³/mol. The van der Waals surface area contributed by atoms with Crippen LogP contribution in [-0.4, -0.2) is 71.3 Å². The molecule has 4 rings (SSSR count). The first kappa shape index (κ1) is 24.2. The molecular formula is C24H26Cl2N4O4. The number of para-hydroxylation sites is 1. The Kier molecular flexibility index (Phi) is 7.19. The summed E-state index contributed by atoms with van der Waals surface area (Å²) < 4.78 is 5.20. The molecule has 0 bridgehead atoms. The summed E-state index contributed by atoms with van der Waals surface area (Å²) in [5.74, 6) is -0.157. The number of piperidine rings is 1. The van der Waals surface area contributed by atoms with E-state index in [0.29, 0.717) is 37.4 Å². The summed E-state index contributed by atoms with van der Waals surface area (Å²) in [7, 11) is 1.56. The van der Waals surface area contributed by atoms with Crippen molar-refractivity contribution in [1.82, 2.24) is 9.80 Å². The van der Waals surface area contributed by atoms with Crippen molar-refractivity contribution < 1.29 is 19.1 Å². The van der Waals surface area contributed by atoms with Crippen LogP contribution in [0.1, 0.15) is 12.8 Å². The second kappa shape index (κ2) is 10.1. The van der Waals surface area contributed by atoms with Crippen LogP contribution in [0, 0.1) is 0 Å². The van der Waals surface area contributed by atoms with Crippen molar-refractivity contribution in [3.63, 3.8) is 0 Å². The fourth-order valence-electron chi connectivity index (χ4n) is 4.63. The molecule has 2 aliphatic heterocycles. The van der Waals surface area contributed by atoms with Crippen LogP contribution in [0.2, 0.25) is 0 Å². The highest BCUT2D eigenvalue weighted by Gasteiger charge is 2.54. The Morgan fingerprint density at radius 1 is 1.09 bits per heavy atom. The second-order valence-electron chi connectivity index (χ2n) is 8.35. The molecule has 2 aromatic rings. The van der Waals surface area contributed by atoms with Gasteiger partial charge < -0.3 is 24.8 Å². The molecule has 0 atom stereocenters. The lowest BCUT2D eigenvalue weighted by Crippen LogP contribution is -2.58. The largest absolute Gasteiger partial charge is 0.497 e. The molecule has 2 heterocycles. The van der Waals surface area contributed by atoms with Crippen molar-refractivity contribution in [2.45, 2.75) is 23.2 Å². The standard InChI is InChI=1S/C24H26Cl2N4O4/c1-34-19-9-5-6-17(14-19)27-20(31)15-29-16-30(18-7-3-2-4-8-18)24(23(29)33)10-12-28(13-11-24)22(32)21(25)26/h2-9,14,21H,10-13,15-16H2,1H3,(H,27,31). The van der Waals surface area contributed by atoms with Crippen molar-refractivity contribution in [1.29, 1.82) is 0 Å². The lowest BCUT2D eigenvalue weighted by molar-refractivity contribution is -0.138. The van der Waals surface area contributed by atoms with Gasteiger partial charge in [-0.25, -0.2) is 0 Å². The van der Waals surface area contributed by atoms with Gasteiger partial charge in [-0.3, -0.25) is 14.4 Å². The van der Waals surface area contributed by atoms with Crippen molar-refractivity contribution in [2.24, 2.45) is 0 Å². The highest BCUT2D eigenvalue weighted by molar-refractivity contribution is 6.53. The first-order valence-electron chi connectivity index (χ1n) is 11.0. The molecule has 10 heteroatoms. The molecule has 2 aromatic carbocycles. The fourth-order valence-corrected chi connectivity index (χ4v) is 4.91. The molecule has 0 aromatic heterocycles. The summed E-state index contributed by atoms with van der Waals surface area (Å²) in [5, 5.41) is 2.83. The molecule has 2 fully saturated rings.